The zero-order valence-electron chi connectivity index (χ0n) is 43.8. The van der Waals surface area contributed by atoms with E-state index in [9.17, 15) is 19.2 Å². The summed E-state index contributed by atoms with van der Waals surface area (Å²) in [6.45, 7) is 28.7. The summed E-state index contributed by atoms with van der Waals surface area (Å²) >= 11 is 0. The number of hydrogen-bond donors (Lipinski definition) is 2. The maximum Gasteiger partial charge on any atom is 0.407 e. The van der Waals surface area contributed by atoms with Crippen LogP contribution in [0, 0.1) is 46.3 Å². The van der Waals surface area contributed by atoms with Gasteiger partial charge in [0.05, 0.1) is 0 Å². The molecule has 0 bridgehead atoms. The van der Waals surface area contributed by atoms with Crippen LogP contribution in [0.2, 0.25) is 0 Å². The van der Waals surface area contributed by atoms with Gasteiger partial charge in [0.15, 0.2) is 0 Å². The summed E-state index contributed by atoms with van der Waals surface area (Å²) in [6, 6.07) is -0.125. The molecule has 3 saturated carbocycles. The maximum absolute atomic E-state index is 13.7. The lowest BCUT2D eigenvalue weighted by Gasteiger charge is -2.58. The Bertz CT molecular complexity index is 1560. The highest BCUT2D eigenvalue weighted by Gasteiger charge is 2.59. The van der Waals surface area contributed by atoms with Crippen LogP contribution in [-0.2, 0) is 23.8 Å². The number of carbonyl (C=O) groups is 4. The van der Waals surface area contributed by atoms with Crippen LogP contribution in [0.3, 0.4) is 0 Å². The minimum atomic E-state index is -0.586. The summed E-state index contributed by atoms with van der Waals surface area (Å²) in [7, 11) is 0. The number of allylic oxidation sites excluding steroid dienone is 1. The standard InChI is InChI=1S/C55H97N3O7/c1-38(2)21-19-22-39(3)45-28-29-46-44-27-26-42-37-43(30-33-54(42,12)47(44)31-34-55(45,46)13)63-49(60)25-20-24-48(59)58(36-32-41(5)57-51(62)65-53(9,10)11)35-18-16-14-15-17-23-40(4)56-50(61)64-52(6,7)8/h26,38-41,43-47H,14-25,27-37H2,1-13H3,(H,56,61)(H,57,62)/t39-,40?,41?,43+,44+,45-,46+,47+,54+,55-/m1/s1. The fourth-order valence-electron chi connectivity index (χ4n) is 12.7. The number of esters is 1. The van der Waals surface area contributed by atoms with Crippen molar-refractivity contribution in [3.05, 3.63) is 11.6 Å². The van der Waals surface area contributed by atoms with Crippen LogP contribution < -0.4 is 10.6 Å². The largest absolute Gasteiger partial charge is 0.462 e. The molecular weight excluding hydrogens is 815 g/mol. The van der Waals surface area contributed by atoms with Gasteiger partial charge in [-0.15, -0.1) is 0 Å². The van der Waals surface area contributed by atoms with Crippen LogP contribution in [0.4, 0.5) is 9.59 Å². The molecule has 2 unspecified atom stereocenters. The van der Waals surface area contributed by atoms with Crippen molar-refractivity contribution in [3.63, 3.8) is 0 Å². The highest BCUT2D eigenvalue weighted by molar-refractivity contribution is 5.77. The van der Waals surface area contributed by atoms with Crippen molar-refractivity contribution < 1.29 is 33.4 Å². The van der Waals surface area contributed by atoms with Crippen molar-refractivity contribution in [2.24, 2.45) is 46.3 Å². The highest BCUT2D eigenvalue weighted by Crippen LogP contribution is 2.67. The molecule has 0 aromatic carbocycles. The number of alkyl carbamates (subject to hydrolysis) is 2. The van der Waals surface area contributed by atoms with Gasteiger partial charge in [-0.2, -0.15) is 0 Å². The van der Waals surface area contributed by atoms with Crippen molar-refractivity contribution in [1.82, 2.24) is 15.5 Å². The van der Waals surface area contributed by atoms with Gasteiger partial charge in [0.1, 0.15) is 17.3 Å². The molecule has 0 saturated heterocycles. The molecule has 3 fully saturated rings. The van der Waals surface area contributed by atoms with E-state index in [4.69, 9.17) is 14.2 Å². The SMILES string of the molecule is CC(C)CCC[C@@H](C)[C@H]1CC[C@H]2[C@@H]3CC=C4C[C@@H](OC(=O)CCCC(=O)N(CCCCCCCC(C)NC(=O)OC(C)(C)C)CCC(C)NC(=O)OC(C)(C)C)CC[C@]4(C)[C@H]3CC[C@]12C. The average Bonchev–Trinajstić information content (AvgIpc) is 3.54. The van der Waals surface area contributed by atoms with E-state index < -0.39 is 17.3 Å². The Kier molecular flexibility index (Phi) is 20.7. The topological polar surface area (TPSA) is 123 Å². The molecule has 0 heterocycles. The Hall–Kier alpha value is -2.78. The quantitative estimate of drug-likeness (QED) is 0.0453. The molecule has 374 valence electrons. The van der Waals surface area contributed by atoms with Gasteiger partial charge in [-0.25, -0.2) is 9.59 Å². The summed E-state index contributed by atoms with van der Waals surface area (Å²) in [6.07, 6.45) is 22.8. The van der Waals surface area contributed by atoms with Crippen LogP contribution in [0.15, 0.2) is 11.6 Å². The first kappa shape index (κ1) is 54.8. The van der Waals surface area contributed by atoms with Gasteiger partial charge in [0, 0.05) is 44.4 Å². The molecule has 0 radical (unpaired) electrons. The first-order valence-corrected chi connectivity index (χ1v) is 26.6. The van der Waals surface area contributed by atoms with E-state index in [1.807, 2.05) is 60.3 Å². The van der Waals surface area contributed by atoms with Gasteiger partial charge >= 0.3 is 18.2 Å². The van der Waals surface area contributed by atoms with E-state index >= 15 is 0 Å². The highest BCUT2D eigenvalue weighted by atomic mass is 16.6. The number of nitrogens with one attached hydrogen (secondary N) is 2. The smallest absolute Gasteiger partial charge is 0.407 e. The number of hydrogen-bond acceptors (Lipinski definition) is 7. The molecule has 4 aliphatic carbocycles. The van der Waals surface area contributed by atoms with Gasteiger partial charge in [-0.05, 0) is 172 Å². The predicted octanol–water partition coefficient (Wildman–Crippen LogP) is 13.5. The Morgan fingerprint density at radius 2 is 1.32 bits per heavy atom. The maximum atomic E-state index is 13.7. The summed E-state index contributed by atoms with van der Waals surface area (Å²) in [4.78, 5) is 53.4. The lowest BCUT2D eigenvalue weighted by atomic mass is 9.47. The second kappa shape index (κ2) is 24.5. The molecule has 10 nitrogen and oxygen atoms in total. The van der Waals surface area contributed by atoms with Gasteiger partial charge in [-0.1, -0.05) is 91.2 Å². The third kappa shape index (κ3) is 17.0. The summed E-state index contributed by atoms with van der Waals surface area (Å²) < 4.78 is 17.0. The number of fused-ring (bicyclic) bond motifs is 5. The van der Waals surface area contributed by atoms with E-state index in [2.05, 4.69) is 51.3 Å². The fourth-order valence-corrected chi connectivity index (χ4v) is 12.7. The van der Waals surface area contributed by atoms with Gasteiger partial charge < -0.3 is 29.7 Å². The molecule has 2 N–H and O–H groups in total. The number of amides is 3. The van der Waals surface area contributed by atoms with Crippen LogP contribution >= 0.6 is 0 Å². The van der Waals surface area contributed by atoms with Gasteiger partial charge in [0.25, 0.3) is 0 Å². The number of rotatable bonds is 23. The Labute approximate surface area is 397 Å². The number of unbranched alkanes of at least 4 members (excludes halogenated alkanes) is 4. The molecule has 0 spiro atoms. The minimum absolute atomic E-state index is 0.0393. The van der Waals surface area contributed by atoms with Crippen molar-refractivity contribution in [3.8, 4) is 0 Å². The fraction of sp³-hybridized carbons (Fsp3) is 0.891. The van der Waals surface area contributed by atoms with Crippen LogP contribution in [0.5, 0.6) is 0 Å². The summed E-state index contributed by atoms with van der Waals surface area (Å²) in [5.41, 5.74) is 1.12. The molecule has 10 heteroatoms. The monoisotopic (exact) mass is 912 g/mol. The van der Waals surface area contributed by atoms with Crippen molar-refractivity contribution in [2.45, 2.75) is 254 Å². The molecule has 3 amide bonds. The zero-order chi connectivity index (χ0) is 48.2. The van der Waals surface area contributed by atoms with Gasteiger partial charge in [-0.3, -0.25) is 9.59 Å². The first-order valence-electron chi connectivity index (χ1n) is 26.6. The average molecular weight is 912 g/mol. The van der Waals surface area contributed by atoms with Crippen LogP contribution in [0.1, 0.15) is 225 Å². The molecule has 0 aromatic heterocycles. The van der Waals surface area contributed by atoms with Crippen molar-refractivity contribution >= 4 is 24.1 Å². The van der Waals surface area contributed by atoms with E-state index in [0.29, 0.717) is 37.8 Å². The molecule has 65 heavy (non-hydrogen) atoms. The van der Waals surface area contributed by atoms with Crippen LogP contribution in [0.25, 0.3) is 0 Å². The Morgan fingerprint density at radius 3 is 1.97 bits per heavy atom. The zero-order valence-corrected chi connectivity index (χ0v) is 43.8. The van der Waals surface area contributed by atoms with E-state index in [-0.39, 0.29) is 48.0 Å². The molecule has 4 rings (SSSR count). The molecule has 0 aromatic rings. The Morgan fingerprint density at radius 1 is 0.692 bits per heavy atom. The number of carbonyl (C=O) groups excluding carboxylic acids is 4. The van der Waals surface area contributed by atoms with E-state index in [1.165, 1.54) is 56.9 Å². The number of ether oxygens (including phenoxy) is 3. The van der Waals surface area contributed by atoms with Crippen LogP contribution in [-0.4, -0.2) is 71.4 Å². The molecular formula is C55H97N3O7. The molecule has 10 atom stereocenters. The third-order valence-corrected chi connectivity index (χ3v) is 16.1. The van der Waals surface area contributed by atoms with E-state index in [1.54, 1.807) is 0 Å². The predicted molar refractivity (Wildman–Crippen MR) is 263 cm³/mol. The molecule has 0 aliphatic heterocycles. The van der Waals surface area contributed by atoms with Gasteiger partial charge in [0.2, 0.25) is 5.91 Å². The second-order valence-electron chi connectivity index (χ2n) is 24.3. The van der Waals surface area contributed by atoms with Crippen molar-refractivity contribution in [1.29, 1.82) is 0 Å². The Balaban J connectivity index is 1.22. The normalized spacial score (nSPS) is 27.8. The van der Waals surface area contributed by atoms with Crippen molar-refractivity contribution in [2.75, 3.05) is 13.1 Å². The summed E-state index contributed by atoms with van der Waals surface area (Å²) in [5.74, 6) is 4.69. The third-order valence-electron chi connectivity index (χ3n) is 16.1. The minimum Gasteiger partial charge on any atom is -0.462 e. The molecule has 4 aliphatic rings. The second-order valence-corrected chi connectivity index (χ2v) is 24.3. The lowest BCUT2D eigenvalue weighted by molar-refractivity contribution is -0.151. The lowest BCUT2D eigenvalue weighted by Crippen LogP contribution is -2.51. The summed E-state index contributed by atoms with van der Waals surface area (Å²) in [5, 5.41) is 5.83. The first-order chi connectivity index (χ1) is 30.4. The number of nitrogens with zero attached hydrogens (tertiary/aromatic N) is 1. The van der Waals surface area contributed by atoms with E-state index in [0.717, 1.165) is 93.3 Å².